The highest BCUT2D eigenvalue weighted by atomic mass is 19.1. The number of carbonyl (C=O) groups excluding carboxylic acids is 2. The lowest BCUT2D eigenvalue weighted by atomic mass is 10.1. The summed E-state index contributed by atoms with van der Waals surface area (Å²) in [4.78, 5) is 26.0. The average molecular weight is 324 g/mol. The molecule has 1 aromatic carbocycles. The Bertz CT molecular complexity index is 605. The Morgan fingerprint density at radius 2 is 1.87 bits per heavy atom. The van der Waals surface area contributed by atoms with Crippen molar-refractivity contribution in [2.45, 2.75) is 26.4 Å². The third kappa shape index (κ3) is 3.91. The molecule has 0 unspecified atom stereocenters. The molecule has 2 rings (SSSR count). The maximum atomic E-state index is 14.2. The van der Waals surface area contributed by atoms with Gasteiger partial charge in [0.1, 0.15) is 5.60 Å². The highest BCUT2D eigenvalue weighted by Crippen LogP contribution is 2.30. The maximum absolute atomic E-state index is 14.2. The summed E-state index contributed by atoms with van der Waals surface area (Å²) in [5.41, 5.74) is -0.424. The number of phenolic OH excluding ortho intramolecular Hbond substituents is 1. The predicted octanol–water partition coefficient (Wildman–Crippen LogP) is 2.40. The molecule has 0 spiro atoms. The van der Waals surface area contributed by atoms with Crippen LogP contribution in [0.2, 0.25) is 0 Å². The third-order valence-corrected chi connectivity index (χ3v) is 3.53. The third-order valence-electron chi connectivity index (χ3n) is 3.53. The number of ether oxygens (including phenoxy) is 1. The number of amides is 1. The van der Waals surface area contributed by atoms with Gasteiger partial charge >= 0.3 is 6.09 Å². The molecule has 6 nitrogen and oxygen atoms in total. The molecule has 23 heavy (non-hydrogen) atoms. The molecule has 0 bridgehead atoms. The van der Waals surface area contributed by atoms with Gasteiger partial charge in [-0.3, -0.25) is 4.79 Å². The number of aldehydes is 1. The van der Waals surface area contributed by atoms with Gasteiger partial charge in [-0.15, -0.1) is 0 Å². The second-order valence-corrected chi connectivity index (χ2v) is 6.41. The summed E-state index contributed by atoms with van der Waals surface area (Å²) < 4.78 is 19.5. The number of halogens is 1. The van der Waals surface area contributed by atoms with Gasteiger partial charge in [-0.25, -0.2) is 9.18 Å². The molecule has 1 saturated heterocycles. The smallest absolute Gasteiger partial charge is 0.410 e. The Balaban J connectivity index is 2.04. The molecule has 7 heteroatoms. The van der Waals surface area contributed by atoms with Crippen LogP contribution in [-0.2, 0) is 4.74 Å². The first kappa shape index (κ1) is 17.1. The summed E-state index contributed by atoms with van der Waals surface area (Å²) >= 11 is 0. The van der Waals surface area contributed by atoms with E-state index in [1.165, 1.54) is 12.1 Å². The van der Waals surface area contributed by atoms with Crippen molar-refractivity contribution < 1.29 is 23.8 Å². The van der Waals surface area contributed by atoms with Crippen LogP contribution in [-0.4, -0.2) is 54.2 Å². The topological polar surface area (TPSA) is 70.1 Å². The fourth-order valence-corrected chi connectivity index (χ4v) is 2.36. The van der Waals surface area contributed by atoms with Crippen molar-refractivity contribution in [3.05, 3.63) is 23.5 Å². The fourth-order valence-electron chi connectivity index (χ4n) is 2.36. The number of hydrogen-bond donors (Lipinski definition) is 1. The molecule has 1 amide bonds. The van der Waals surface area contributed by atoms with Crippen LogP contribution in [0.3, 0.4) is 0 Å². The van der Waals surface area contributed by atoms with Gasteiger partial charge in [0.2, 0.25) is 0 Å². The molecule has 1 heterocycles. The van der Waals surface area contributed by atoms with E-state index in [4.69, 9.17) is 4.74 Å². The lowest BCUT2D eigenvalue weighted by Gasteiger charge is -2.36. The van der Waals surface area contributed by atoms with Crippen LogP contribution in [0.1, 0.15) is 31.1 Å². The number of benzene rings is 1. The summed E-state index contributed by atoms with van der Waals surface area (Å²) in [6.07, 6.45) is 0.0135. The van der Waals surface area contributed by atoms with Gasteiger partial charge in [0, 0.05) is 26.2 Å². The Morgan fingerprint density at radius 3 is 2.39 bits per heavy atom. The van der Waals surface area contributed by atoms with E-state index >= 15 is 0 Å². The Morgan fingerprint density at radius 1 is 1.26 bits per heavy atom. The number of anilines is 1. The van der Waals surface area contributed by atoms with E-state index in [2.05, 4.69) is 0 Å². The lowest BCUT2D eigenvalue weighted by Crippen LogP contribution is -2.50. The number of aromatic hydroxyl groups is 1. The molecule has 126 valence electrons. The van der Waals surface area contributed by atoms with Crippen LogP contribution in [0, 0.1) is 5.82 Å². The Labute approximate surface area is 134 Å². The second kappa shape index (κ2) is 6.44. The van der Waals surface area contributed by atoms with Crippen LogP contribution in [0.25, 0.3) is 0 Å². The minimum atomic E-state index is -0.819. The first-order valence-electron chi connectivity index (χ1n) is 7.42. The molecule has 1 aliphatic heterocycles. The number of rotatable bonds is 2. The molecule has 0 saturated carbocycles. The maximum Gasteiger partial charge on any atom is 0.410 e. The van der Waals surface area contributed by atoms with Crippen molar-refractivity contribution in [1.82, 2.24) is 4.90 Å². The van der Waals surface area contributed by atoms with E-state index in [0.29, 0.717) is 32.5 Å². The molecule has 1 aromatic rings. The van der Waals surface area contributed by atoms with Crippen molar-refractivity contribution in [3.63, 3.8) is 0 Å². The molecule has 0 aromatic heterocycles. The van der Waals surface area contributed by atoms with Crippen molar-refractivity contribution >= 4 is 18.1 Å². The highest BCUT2D eigenvalue weighted by Gasteiger charge is 2.27. The molecular formula is C16H21FN2O4. The number of hydrogen-bond acceptors (Lipinski definition) is 5. The molecule has 1 N–H and O–H groups in total. The minimum absolute atomic E-state index is 0.0846. The molecule has 0 radical (unpaired) electrons. The summed E-state index contributed by atoms with van der Waals surface area (Å²) in [7, 11) is 0. The van der Waals surface area contributed by atoms with Gasteiger partial charge in [0.15, 0.2) is 17.9 Å². The van der Waals surface area contributed by atoms with Crippen molar-refractivity contribution in [2.24, 2.45) is 0 Å². The zero-order valence-corrected chi connectivity index (χ0v) is 13.5. The van der Waals surface area contributed by atoms with Crippen LogP contribution in [0.4, 0.5) is 14.9 Å². The first-order valence-corrected chi connectivity index (χ1v) is 7.42. The van der Waals surface area contributed by atoms with Crippen molar-refractivity contribution in [1.29, 1.82) is 0 Å². The van der Waals surface area contributed by atoms with Crippen LogP contribution < -0.4 is 4.90 Å². The Kier molecular flexibility index (Phi) is 4.77. The van der Waals surface area contributed by atoms with Gasteiger partial charge in [0.05, 0.1) is 11.3 Å². The van der Waals surface area contributed by atoms with Gasteiger partial charge in [-0.05, 0) is 32.9 Å². The second-order valence-electron chi connectivity index (χ2n) is 6.41. The van der Waals surface area contributed by atoms with Crippen LogP contribution in [0.5, 0.6) is 5.75 Å². The number of piperazine rings is 1. The van der Waals surface area contributed by atoms with E-state index in [9.17, 15) is 19.1 Å². The number of carbonyl (C=O) groups is 2. The molecule has 0 atom stereocenters. The standard InChI is InChI=1S/C16H21FN2O4/c1-16(2,3)23-15(22)19-8-6-18(7-9-19)12-5-4-11(10-20)14(21)13(12)17/h4-5,10,21H,6-9H2,1-3H3. The van der Waals surface area contributed by atoms with Crippen LogP contribution in [0.15, 0.2) is 12.1 Å². The van der Waals surface area contributed by atoms with Crippen molar-refractivity contribution in [3.8, 4) is 5.75 Å². The summed E-state index contributed by atoms with van der Waals surface area (Å²) in [5.74, 6) is -1.47. The molecule has 1 aliphatic rings. The SMILES string of the molecule is CC(C)(C)OC(=O)N1CCN(c2ccc(C=O)c(O)c2F)CC1. The number of phenols is 1. The van der Waals surface area contributed by atoms with Crippen molar-refractivity contribution in [2.75, 3.05) is 31.1 Å². The zero-order valence-electron chi connectivity index (χ0n) is 13.5. The quantitative estimate of drug-likeness (QED) is 0.846. The van der Waals surface area contributed by atoms with E-state index < -0.39 is 23.3 Å². The van der Waals surface area contributed by atoms with E-state index in [1.807, 2.05) is 0 Å². The summed E-state index contributed by atoms with van der Waals surface area (Å²) in [6, 6.07) is 2.84. The lowest BCUT2D eigenvalue weighted by molar-refractivity contribution is 0.0240. The monoisotopic (exact) mass is 324 g/mol. The summed E-state index contributed by atoms with van der Waals surface area (Å²) in [5, 5.41) is 9.66. The predicted molar refractivity (Wildman–Crippen MR) is 83.5 cm³/mol. The van der Waals surface area contributed by atoms with E-state index in [0.717, 1.165) is 0 Å². The highest BCUT2D eigenvalue weighted by molar-refractivity contribution is 5.81. The van der Waals surface area contributed by atoms with Gasteiger partial charge in [-0.2, -0.15) is 0 Å². The Hall–Kier alpha value is -2.31. The fraction of sp³-hybridized carbons (Fsp3) is 0.500. The van der Waals surface area contributed by atoms with Crippen LogP contribution >= 0.6 is 0 Å². The van der Waals surface area contributed by atoms with Gasteiger partial charge in [0.25, 0.3) is 0 Å². The molecule has 1 fully saturated rings. The normalized spacial score (nSPS) is 15.5. The average Bonchev–Trinajstić information content (AvgIpc) is 2.48. The van der Waals surface area contributed by atoms with Gasteiger partial charge < -0.3 is 19.6 Å². The van der Waals surface area contributed by atoms with Gasteiger partial charge in [-0.1, -0.05) is 0 Å². The largest absolute Gasteiger partial charge is 0.504 e. The number of nitrogens with zero attached hydrogens (tertiary/aromatic N) is 2. The minimum Gasteiger partial charge on any atom is -0.504 e. The van der Waals surface area contributed by atoms with E-state index in [1.54, 1.807) is 30.6 Å². The zero-order chi connectivity index (χ0) is 17.2. The molecule has 0 aliphatic carbocycles. The summed E-state index contributed by atoms with van der Waals surface area (Å²) in [6.45, 7) is 7.01. The molecular weight excluding hydrogens is 303 g/mol. The van der Waals surface area contributed by atoms with E-state index in [-0.39, 0.29) is 11.3 Å². The first-order chi connectivity index (χ1) is 10.7.